The number of aliphatic hydroxyl groups excluding tert-OH is 1. The molecule has 1 N–H and O–H groups in total. The number of aliphatic hydroxyl groups is 1. The summed E-state index contributed by atoms with van der Waals surface area (Å²) in [5.74, 6) is 0.291. The topological polar surface area (TPSA) is 49.8 Å². The molecular formula is C14H25NO3. The Labute approximate surface area is 109 Å². The number of likely N-dealkylation sites (tertiary alicyclic amines) is 1. The van der Waals surface area contributed by atoms with Crippen molar-refractivity contribution in [1.29, 1.82) is 0 Å². The fraction of sp³-hybridized carbons (Fsp3) is 0.929. The van der Waals surface area contributed by atoms with E-state index in [1.807, 2.05) is 25.7 Å². The first kappa shape index (κ1) is 13.8. The molecule has 1 aliphatic heterocycles. The quantitative estimate of drug-likeness (QED) is 0.830. The zero-order chi connectivity index (χ0) is 13.3. The molecule has 2 aliphatic rings. The van der Waals surface area contributed by atoms with Crippen LogP contribution in [0.25, 0.3) is 0 Å². The number of ether oxygens (including phenoxy) is 1. The van der Waals surface area contributed by atoms with Gasteiger partial charge in [-0.15, -0.1) is 0 Å². The highest BCUT2D eigenvalue weighted by atomic mass is 16.5. The van der Waals surface area contributed by atoms with Crippen molar-refractivity contribution in [3.05, 3.63) is 0 Å². The number of piperidine rings is 1. The number of nitrogens with zero attached hydrogens (tertiary/aromatic N) is 1. The molecule has 4 heteroatoms. The van der Waals surface area contributed by atoms with Crippen molar-refractivity contribution in [1.82, 2.24) is 4.90 Å². The molecule has 4 nitrogen and oxygen atoms in total. The highest BCUT2D eigenvalue weighted by molar-refractivity contribution is 5.78. The lowest BCUT2D eigenvalue weighted by Crippen LogP contribution is -2.62. The Bertz CT molecular complexity index is 306. The molecule has 0 bridgehead atoms. The van der Waals surface area contributed by atoms with Crippen molar-refractivity contribution in [3.8, 4) is 0 Å². The number of hydrogen-bond donors (Lipinski definition) is 1. The van der Waals surface area contributed by atoms with Crippen LogP contribution in [0.15, 0.2) is 0 Å². The fourth-order valence-corrected chi connectivity index (χ4v) is 3.33. The van der Waals surface area contributed by atoms with Gasteiger partial charge in [0.25, 0.3) is 0 Å². The van der Waals surface area contributed by atoms with Crippen LogP contribution in [0.4, 0.5) is 0 Å². The summed E-state index contributed by atoms with van der Waals surface area (Å²) in [6, 6.07) is 0. The molecule has 0 aromatic carbocycles. The summed E-state index contributed by atoms with van der Waals surface area (Å²) in [5.41, 5.74) is -0.0796. The van der Waals surface area contributed by atoms with Gasteiger partial charge in [0.15, 0.2) is 0 Å². The van der Waals surface area contributed by atoms with E-state index in [2.05, 4.69) is 0 Å². The minimum absolute atomic E-state index is 0.0630. The summed E-state index contributed by atoms with van der Waals surface area (Å²) < 4.78 is 5.72. The molecule has 1 saturated carbocycles. The average molecular weight is 255 g/mol. The Morgan fingerprint density at radius 1 is 1.44 bits per heavy atom. The highest BCUT2D eigenvalue weighted by Crippen LogP contribution is 2.50. The zero-order valence-corrected chi connectivity index (χ0v) is 11.7. The molecule has 2 rings (SSSR count). The Hall–Kier alpha value is -0.610. The molecule has 104 valence electrons. The second-order valence-electron chi connectivity index (χ2n) is 5.91. The third kappa shape index (κ3) is 2.16. The average Bonchev–Trinajstić information content (AvgIpc) is 2.38. The van der Waals surface area contributed by atoms with Gasteiger partial charge < -0.3 is 14.7 Å². The second kappa shape index (κ2) is 5.17. The van der Waals surface area contributed by atoms with Crippen LogP contribution in [0, 0.1) is 11.3 Å². The van der Waals surface area contributed by atoms with Gasteiger partial charge in [-0.05, 0) is 19.8 Å². The summed E-state index contributed by atoms with van der Waals surface area (Å²) in [4.78, 5) is 13.9. The van der Waals surface area contributed by atoms with E-state index in [1.165, 1.54) is 0 Å². The van der Waals surface area contributed by atoms with Crippen molar-refractivity contribution < 1.29 is 14.6 Å². The van der Waals surface area contributed by atoms with Gasteiger partial charge in [0.05, 0.1) is 12.2 Å². The summed E-state index contributed by atoms with van der Waals surface area (Å²) >= 11 is 0. The Morgan fingerprint density at radius 2 is 2.06 bits per heavy atom. The maximum Gasteiger partial charge on any atom is 0.225 e. The Balaban J connectivity index is 1.94. The predicted octanol–water partition coefficient (Wildman–Crippen LogP) is 1.42. The van der Waals surface area contributed by atoms with Crippen LogP contribution in [0.1, 0.15) is 40.0 Å². The first-order valence-electron chi connectivity index (χ1n) is 7.09. The minimum Gasteiger partial charge on any atom is -0.392 e. The van der Waals surface area contributed by atoms with Crippen LogP contribution in [-0.2, 0) is 9.53 Å². The third-order valence-electron chi connectivity index (χ3n) is 4.61. The monoisotopic (exact) mass is 255 g/mol. The maximum atomic E-state index is 11.9. The smallest absolute Gasteiger partial charge is 0.225 e. The van der Waals surface area contributed by atoms with E-state index in [0.717, 1.165) is 32.4 Å². The van der Waals surface area contributed by atoms with Crippen LogP contribution >= 0.6 is 0 Å². The van der Waals surface area contributed by atoms with Crippen LogP contribution in [0.3, 0.4) is 0 Å². The third-order valence-corrected chi connectivity index (χ3v) is 4.61. The van der Waals surface area contributed by atoms with Gasteiger partial charge in [-0.2, -0.15) is 0 Å². The van der Waals surface area contributed by atoms with Crippen molar-refractivity contribution in [2.24, 2.45) is 11.3 Å². The summed E-state index contributed by atoms with van der Waals surface area (Å²) in [5, 5.41) is 10.1. The molecule has 1 spiro atoms. The van der Waals surface area contributed by atoms with Crippen LogP contribution in [0.2, 0.25) is 0 Å². The van der Waals surface area contributed by atoms with Gasteiger partial charge in [-0.3, -0.25) is 4.79 Å². The maximum absolute atomic E-state index is 11.9. The molecule has 0 aromatic rings. The number of hydrogen-bond acceptors (Lipinski definition) is 3. The zero-order valence-electron chi connectivity index (χ0n) is 11.7. The van der Waals surface area contributed by atoms with E-state index >= 15 is 0 Å². The first-order valence-corrected chi connectivity index (χ1v) is 7.09. The Morgan fingerprint density at radius 3 is 2.50 bits per heavy atom. The van der Waals surface area contributed by atoms with Gasteiger partial charge in [0.2, 0.25) is 5.91 Å². The van der Waals surface area contributed by atoms with E-state index in [1.54, 1.807) is 0 Å². The molecule has 2 unspecified atom stereocenters. The van der Waals surface area contributed by atoms with Crippen molar-refractivity contribution >= 4 is 5.91 Å². The first-order chi connectivity index (χ1) is 8.51. The van der Waals surface area contributed by atoms with Crippen LogP contribution in [-0.4, -0.2) is 47.8 Å². The van der Waals surface area contributed by atoms with Gasteiger partial charge in [0.1, 0.15) is 0 Å². The molecule has 1 saturated heterocycles. The molecule has 0 radical (unpaired) electrons. The minimum atomic E-state index is -0.245. The lowest BCUT2D eigenvalue weighted by atomic mass is 9.58. The van der Waals surface area contributed by atoms with Gasteiger partial charge in [-0.25, -0.2) is 0 Å². The normalized spacial score (nSPS) is 30.6. The number of carbonyl (C=O) groups is 1. The van der Waals surface area contributed by atoms with E-state index in [9.17, 15) is 9.90 Å². The molecule has 2 atom stereocenters. The second-order valence-corrected chi connectivity index (χ2v) is 5.91. The molecule has 1 heterocycles. The largest absolute Gasteiger partial charge is 0.392 e. The van der Waals surface area contributed by atoms with Crippen molar-refractivity contribution in [3.63, 3.8) is 0 Å². The van der Waals surface area contributed by atoms with Gasteiger partial charge >= 0.3 is 0 Å². The fourth-order valence-electron chi connectivity index (χ4n) is 3.33. The molecule has 1 aliphatic carbocycles. The lowest BCUT2D eigenvalue weighted by Gasteiger charge is -2.56. The van der Waals surface area contributed by atoms with Gasteiger partial charge in [-0.1, -0.05) is 13.8 Å². The van der Waals surface area contributed by atoms with Crippen LogP contribution < -0.4 is 0 Å². The number of carbonyl (C=O) groups excluding carboxylic acids is 1. The number of amides is 1. The molecular weight excluding hydrogens is 230 g/mol. The standard InChI is InChI=1S/C14H25NO3/c1-4-18-12-9-11(16)14(12)5-7-15(8-6-14)13(17)10(2)3/h10-12,16H,4-9H2,1-3H3. The van der Waals surface area contributed by atoms with Crippen molar-refractivity contribution in [2.75, 3.05) is 19.7 Å². The molecule has 18 heavy (non-hydrogen) atoms. The van der Waals surface area contributed by atoms with Crippen molar-refractivity contribution in [2.45, 2.75) is 52.2 Å². The van der Waals surface area contributed by atoms with E-state index in [4.69, 9.17) is 4.74 Å². The van der Waals surface area contributed by atoms with E-state index in [0.29, 0.717) is 6.61 Å². The van der Waals surface area contributed by atoms with E-state index in [-0.39, 0.29) is 29.4 Å². The van der Waals surface area contributed by atoms with E-state index < -0.39 is 0 Å². The SMILES string of the molecule is CCOC1CC(O)C12CCN(C(=O)C(C)C)CC2. The highest BCUT2D eigenvalue weighted by Gasteiger charge is 2.56. The molecule has 0 aromatic heterocycles. The summed E-state index contributed by atoms with van der Waals surface area (Å²) in [6.07, 6.45) is 2.44. The molecule has 1 amide bonds. The Kier molecular flexibility index (Phi) is 3.97. The van der Waals surface area contributed by atoms with Crippen LogP contribution in [0.5, 0.6) is 0 Å². The number of rotatable bonds is 3. The predicted molar refractivity (Wildman–Crippen MR) is 69.1 cm³/mol. The van der Waals surface area contributed by atoms with Gasteiger partial charge in [0, 0.05) is 37.5 Å². The summed E-state index contributed by atoms with van der Waals surface area (Å²) in [7, 11) is 0. The summed E-state index contributed by atoms with van der Waals surface area (Å²) in [6.45, 7) is 8.10. The lowest BCUT2D eigenvalue weighted by molar-refractivity contribution is -0.210. The molecule has 2 fully saturated rings.